The third-order valence-corrected chi connectivity index (χ3v) is 4.29. The normalized spacial score (nSPS) is 27.2. The molecule has 1 saturated heterocycles. The van der Waals surface area contributed by atoms with Crippen LogP contribution >= 0.6 is 15.9 Å². The standard InChI is InChI=1S/C15H20BrNO3/c1-13(2)9-15(12(18)19,14(3,4)20-13)17-11-7-5-6-10(16)8-11/h5-8,17H,9H2,1-4H3,(H,18,19). The summed E-state index contributed by atoms with van der Waals surface area (Å²) in [6, 6.07) is 7.50. The maximum atomic E-state index is 12.0. The largest absolute Gasteiger partial charge is 0.479 e. The molecule has 0 spiro atoms. The van der Waals surface area contributed by atoms with E-state index in [-0.39, 0.29) is 0 Å². The predicted octanol–water partition coefficient (Wildman–Crippen LogP) is 3.66. The van der Waals surface area contributed by atoms with Crippen molar-refractivity contribution < 1.29 is 14.6 Å². The zero-order chi connectivity index (χ0) is 15.2. The number of ether oxygens (including phenoxy) is 1. The van der Waals surface area contributed by atoms with Gasteiger partial charge in [-0.15, -0.1) is 0 Å². The molecule has 1 aliphatic rings. The summed E-state index contributed by atoms with van der Waals surface area (Å²) in [5.41, 5.74) is -1.70. The molecule has 1 unspecified atom stereocenters. The predicted molar refractivity (Wildman–Crippen MR) is 82.0 cm³/mol. The van der Waals surface area contributed by atoms with Crippen LogP contribution in [0.25, 0.3) is 0 Å². The molecule has 4 nitrogen and oxygen atoms in total. The van der Waals surface area contributed by atoms with Crippen LogP contribution in [0.5, 0.6) is 0 Å². The van der Waals surface area contributed by atoms with E-state index in [1.165, 1.54) is 0 Å². The molecule has 0 aliphatic carbocycles. The lowest BCUT2D eigenvalue weighted by molar-refractivity contribution is -0.149. The molecule has 0 saturated carbocycles. The van der Waals surface area contributed by atoms with Gasteiger partial charge in [0.15, 0.2) is 5.54 Å². The first kappa shape index (κ1) is 15.3. The Balaban J connectivity index is 2.44. The summed E-state index contributed by atoms with van der Waals surface area (Å²) >= 11 is 3.40. The van der Waals surface area contributed by atoms with Crippen molar-refractivity contribution >= 4 is 27.6 Å². The Labute approximate surface area is 127 Å². The lowest BCUT2D eigenvalue weighted by atomic mass is 9.78. The second-order valence-corrected chi connectivity index (χ2v) is 7.31. The molecule has 1 atom stereocenters. The summed E-state index contributed by atoms with van der Waals surface area (Å²) in [4.78, 5) is 12.0. The van der Waals surface area contributed by atoms with Crippen molar-refractivity contribution in [3.63, 3.8) is 0 Å². The van der Waals surface area contributed by atoms with Gasteiger partial charge in [-0.05, 0) is 45.9 Å². The fourth-order valence-electron chi connectivity index (χ4n) is 3.06. The second-order valence-electron chi connectivity index (χ2n) is 6.39. The number of carboxylic acid groups (broad SMARTS) is 1. The molecule has 1 aliphatic heterocycles. The smallest absolute Gasteiger partial charge is 0.332 e. The highest BCUT2D eigenvalue weighted by atomic mass is 79.9. The summed E-state index contributed by atoms with van der Waals surface area (Å²) in [6.07, 6.45) is 0.398. The third kappa shape index (κ3) is 2.56. The van der Waals surface area contributed by atoms with Gasteiger partial charge in [0.1, 0.15) is 0 Å². The number of rotatable bonds is 3. The molecule has 1 heterocycles. The molecule has 1 fully saturated rings. The summed E-state index contributed by atoms with van der Waals surface area (Å²) in [7, 11) is 0. The van der Waals surface area contributed by atoms with Crippen molar-refractivity contribution in [2.45, 2.75) is 50.9 Å². The average Bonchev–Trinajstić information content (AvgIpc) is 2.44. The first-order chi connectivity index (χ1) is 9.08. The van der Waals surface area contributed by atoms with Crippen molar-refractivity contribution in [3.05, 3.63) is 28.7 Å². The van der Waals surface area contributed by atoms with E-state index in [1.54, 1.807) is 0 Å². The zero-order valence-electron chi connectivity index (χ0n) is 12.2. The molecule has 1 aromatic carbocycles. The number of halogens is 1. The fraction of sp³-hybridized carbons (Fsp3) is 0.533. The molecule has 0 bridgehead atoms. The first-order valence-corrected chi connectivity index (χ1v) is 7.35. The SMILES string of the molecule is CC1(C)CC(Nc2cccc(Br)c2)(C(=O)O)C(C)(C)O1. The summed E-state index contributed by atoms with van der Waals surface area (Å²) in [5.74, 6) is -0.895. The Morgan fingerprint density at radius 3 is 2.45 bits per heavy atom. The topological polar surface area (TPSA) is 58.6 Å². The number of anilines is 1. The Morgan fingerprint density at radius 1 is 1.35 bits per heavy atom. The van der Waals surface area contributed by atoms with Crippen LogP contribution in [0.1, 0.15) is 34.1 Å². The van der Waals surface area contributed by atoms with Gasteiger partial charge in [-0.1, -0.05) is 22.0 Å². The van der Waals surface area contributed by atoms with Crippen molar-refractivity contribution in [3.8, 4) is 0 Å². The van der Waals surface area contributed by atoms with Gasteiger partial charge in [0.2, 0.25) is 0 Å². The molecule has 2 N–H and O–H groups in total. The maximum Gasteiger partial charge on any atom is 0.332 e. The Kier molecular flexibility index (Phi) is 3.63. The van der Waals surface area contributed by atoms with Crippen molar-refractivity contribution in [1.29, 1.82) is 0 Å². The van der Waals surface area contributed by atoms with Crippen molar-refractivity contribution in [1.82, 2.24) is 0 Å². The lowest BCUT2D eigenvalue weighted by Crippen LogP contribution is -2.58. The highest BCUT2D eigenvalue weighted by Gasteiger charge is 2.62. The van der Waals surface area contributed by atoms with E-state index in [0.717, 1.165) is 10.2 Å². The van der Waals surface area contributed by atoms with Crippen LogP contribution in [0.4, 0.5) is 5.69 Å². The molecule has 5 heteroatoms. The van der Waals surface area contributed by atoms with Gasteiger partial charge in [-0.25, -0.2) is 4.79 Å². The highest BCUT2D eigenvalue weighted by molar-refractivity contribution is 9.10. The number of nitrogens with one attached hydrogen (secondary N) is 1. The lowest BCUT2D eigenvalue weighted by Gasteiger charge is -2.37. The molecule has 110 valence electrons. The van der Waals surface area contributed by atoms with E-state index in [0.29, 0.717) is 6.42 Å². The Morgan fingerprint density at radius 2 is 2.00 bits per heavy atom. The summed E-state index contributed by atoms with van der Waals surface area (Å²) < 4.78 is 6.86. The number of carboxylic acids is 1. The van der Waals surface area contributed by atoms with E-state index in [9.17, 15) is 9.90 Å². The van der Waals surface area contributed by atoms with Crippen molar-refractivity contribution in [2.24, 2.45) is 0 Å². The van der Waals surface area contributed by atoms with E-state index in [2.05, 4.69) is 21.2 Å². The molecular formula is C15H20BrNO3. The quantitative estimate of drug-likeness (QED) is 0.880. The number of carbonyl (C=O) groups is 1. The van der Waals surface area contributed by atoms with Crippen LogP contribution in [0, 0.1) is 0 Å². The van der Waals surface area contributed by atoms with E-state index in [1.807, 2.05) is 52.0 Å². The van der Waals surface area contributed by atoms with Crippen LogP contribution in [0.2, 0.25) is 0 Å². The number of benzene rings is 1. The van der Waals surface area contributed by atoms with Gasteiger partial charge in [0.25, 0.3) is 0 Å². The zero-order valence-corrected chi connectivity index (χ0v) is 13.7. The van der Waals surface area contributed by atoms with E-state index in [4.69, 9.17) is 4.74 Å². The molecule has 2 rings (SSSR count). The van der Waals surface area contributed by atoms with Crippen molar-refractivity contribution in [2.75, 3.05) is 5.32 Å². The minimum Gasteiger partial charge on any atom is -0.479 e. The van der Waals surface area contributed by atoms with Gasteiger partial charge in [0, 0.05) is 16.6 Å². The van der Waals surface area contributed by atoms with Gasteiger partial charge in [-0.2, -0.15) is 0 Å². The van der Waals surface area contributed by atoms with Gasteiger partial charge in [-0.3, -0.25) is 0 Å². The Bertz CT molecular complexity index is 542. The monoisotopic (exact) mass is 341 g/mol. The fourth-order valence-corrected chi connectivity index (χ4v) is 3.46. The average molecular weight is 342 g/mol. The van der Waals surface area contributed by atoms with Crippen LogP contribution in [0.15, 0.2) is 28.7 Å². The first-order valence-electron chi connectivity index (χ1n) is 6.55. The minimum absolute atomic E-state index is 0.398. The second kappa shape index (κ2) is 4.74. The van der Waals surface area contributed by atoms with Gasteiger partial charge in [0.05, 0.1) is 11.2 Å². The van der Waals surface area contributed by atoms with E-state index >= 15 is 0 Å². The Hall–Kier alpha value is -1.07. The van der Waals surface area contributed by atoms with E-state index < -0.39 is 22.7 Å². The number of aliphatic carboxylic acids is 1. The number of hydrogen-bond donors (Lipinski definition) is 2. The summed E-state index contributed by atoms with van der Waals surface area (Å²) in [6.45, 7) is 7.48. The molecule has 0 amide bonds. The van der Waals surface area contributed by atoms with Gasteiger partial charge >= 0.3 is 5.97 Å². The molecule has 1 aromatic rings. The van der Waals surface area contributed by atoms with Gasteiger partial charge < -0.3 is 15.2 Å². The number of hydrogen-bond acceptors (Lipinski definition) is 3. The van der Waals surface area contributed by atoms with Crippen LogP contribution in [-0.2, 0) is 9.53 Å². The summed E-state index contributed by atoms with van der Waals surface area (Å²) in [5, 5.41) is 13.0. The molecule has 20 heavy (non-hydrogen) atoms. The molecule has 0 aromatic heterocycles. The van der Waals surface area contributed by atoms with Crippen LogP contribution in [0.3, 0.4) is 0 Å². The molecule has 0 radical (unpaired) electrons. The van der Waals surface area contributed by atoms with Crippen LogP contribution in [-0.4, -0.2) is 27.8 Å². The highest BCUT2D eigenvalue weighted by Crippen LogP contribution is 2.47. The third-order valence-electron chi connectivity index (χ3n) is 3.80. The minimum atomic E-state index is -1.16. The maximum absolute atomic E-state index is 12.0. The molecular weight excluding hydrogens is 322 g/mol. The van der Waals surface area contributed by atoms with Crippen LogP contribution < -0.4 is 5.32 Å².